The molecule has 0 bridgehead atoms. The zero-order valence-electron chi connectivity index (χ0n) is 14.6. The fourth-order valence-electron chi connectivity index (χ4n) is 2.26. The van der Waals surface area contributed by atoms with Crippen LogP contribution in [0, 0.1) is 6.92 Å². The fraction of sp³-hybridized carbons (Fsp3) is 0.353. The van der Waals surface area contributed by atoms with Crippen LogP contribution in [0.3, 0.4) is 0 Å². The molecule has 0 fully saturated rings. The van der Waals surface area contributed by atoms with Crippen molar-refractivity contribution in [3.05, 3.63) is 36.1 Å². The van der Waals surface area contributed by atoms with Gasteiger partial charge in [0.25, 0.3) is 11.8 Å². The smallest absolute Gasteiger partial charge is 0.280 e. The van der Waals surface area contributed by atoms with Crippen LogP contribution in [-0.4, -0.2) is 43.7 Å². The standard InChI is InChI=1S/C17H22N4O4/c1-4-21(11-17(23)19-15-9-12(2)25-20-15)10-16(22)18-13-5-7-14(24-3)8-6-13/h5-9H,4,10-11H2,1-3H3,(H,18,22)(H,19,20,23)/p+1. The zero-order chi connectivity index (χ0) is 18.2. The van der Waals surface area contributed by atoms with Crippen LogP contribution >= 0.6 is 0 Å². The lowest BCUT2D eigenvalue weighted by Crippen LogP contribution is -3.13. The lowest BCUT2D eigenvalue weighted by Gasteiger charge is -2.16. The van der Waals surface area contributed by atoms with Gasteiger partial charge in [0.1, 0.15) is 11.5 Å². The third kappa shape index (κ3) is 5.92. The second-order valence-electron chi connectivity index (χ2n) is 5.60. The predicted octanol–water partition coefficient (Wildman–Crippen LogP) is 0.474. The number of hydrogen-bond donors (Lipinski definition) is 3. The number of carbonyl (C=O) groups excluding carboxylic acids is 2. The number of likely N-dealkylation sites (N-methyl/N-ethyl adjacent to an activating group) is 1. The van der Waals surface area contributed by atoms with Gasteiger partial charge in [0.05, 0.1) is 13.7 Å². The Hall–Kier alpha value is -2.87. The van der Waals surface area contributed by atoms with E-state index in [2.05, 4.69) is 15.8 Å². The van der Waals surface area contributed by atoms with Gasteiger partial charge in [-0.15, -0.1) is 0 Å². The van der Waals surface area contributed by atoms with E-state index in [-0.39, 0.29) is 24.9 Å². The van der Waals surface area contributed by atoms with E-state index in [1.807, 2.05) is 6.92 Å². The average Bonchev–Trinajstić information content (AvgIpc) is 2.99. The highest BCUT2D eigenvalue weighted by Crippen LogP contribution is 2.14. The van der Waals surface area contributed by atoms with Crippen LogP contribution in [0.4, 0.5) is 11.5 Å². The minimum atomic E-state index is -0.220. The second kappa shape index (κ2) is 8.84. The third-order valence-electron chi connectivity index (χ3n) is 3.59. The van der Waals surface area contributed by atoms with Gasteiger partial charge in [-0.25, -0.2) is 0 Å². The van der Waals surface area contributed by atoms with Crippen LogP contribution in [0.25, 0.3) is 0 Å². The van der Waals surface area contributed by atoms with Crippen molar-refractivity contribution in [2.24, 2.45) is 0 Å². The SMILES string of the molecule is CC[NH+](CC(=O)Nc1ccc(OC)cc1)CC(=O)Nc1cc(C)on1. The summed E-state index contributed by atoms with van der Waals surface area (Å²) in [7, 11) is 1.58. The highest BCUT2D eigenvalue weighted by Gasteiger charge is 2.17. The Morgan fingerprint density at radius 1 is 1.16 bits per heavy atom. The number of benzene rings is 1. The number of aryl methyl sites for hydroxylation is 1. The molecule has 3 N–H and O–H groups in total. The normalized spacial score (nSPS) is 11.6. The number of hydrogen-bond acceptors (Lipinski definition) is 5. The Morgan fingerprint density at radius 2 is 1.80 bits per heavy atom. The number of nitrogens with one attached hydrogen (secondary N) is 3. The molecule has 8 heteroatoms. The van der Waals surface area contributed by atoms with Crippen LogP contribution in [-0.2, 0) is 9.59 Å². The van der Waals surface area contributed by atoms with Crippen molar-refractivity contribution < 1.29 is 23.7 Å². The van der Waals surface area contributed by atoms with Gasteiger partial charge >= 0.3 is 0 Å². The molecule has 0 radical (unpaired) electrons. The molecule has 0 aliphatic carbocycles. The number of amides is 2. The van der Waals surface area contributed by atoms with Crippen molar-refractivity contribution in [1.29, 1.82) is 0 Å². The van der Waals surface area contributed by atoms with E-state index in [0.717, 1.165) is 10.6 Å². The van der Waals surface area contributed by atoms with Gasteiger partial charge in [-0.3, -0.25) is 9.59 Å². The van der Waals surface area contributed by atoms with Gasteiger partial charge in [-0.2, -0.15) is 0 Å². The summed E-state index contributed by atoms with van der Waals surface area (Å²) in [6, 6.07) is 8.71. The summed E-state index contributed by atoms with van der Waals surface area (Å²) < 4.78 is 9.98. The molecule has 0 aliphatic rings. The molecule has 0 saturated heterocycles. The first-order chi connectivity index (χ1) is 12.0. The minimum Gasteiger partial charge on any atom is -0.497 e. The molecule has 134 valence electrons. The van der Waals surface area contributed by atoms with Crippen LogP contribution in [0.5, 0.6) is 5.75 Å². The maximum Gasteiger partial charge on any atom is 0.280 e. The number of carbonyl (C=O) groups is 2. The molecule has 1 aromatic heterocycles. The molecular formula is C17H23N4O4+. The predicted molar refractivity (Wildman–Crippen MR) is 92.7 cm³/mol. The summed E-state index contributed by atoms with van der Waals surface area (Å²) in [6.07, 6.45) is 0. The maximum atomic E-state index is 12.2. The van der Waals surface area contributed by atoms with E-state index in [0.29, 0.717) is 23.8 Å². The maximum absolute atomic E-state index is 12.2. The van der Waals surface area contributed by atoms with Crippen molar-refractivity contribution in [3.8, 4) is 5.75 Å². The Balaban J connectivity index is 1.83. The van der Waals surface area contributed by atoms with Gasteiger partial charge in [0.15, 0.2) is 18.9 Å². The highest BCUT2D eigenvalue weighted by molar-refractivity contribution is 5.92. The number of methoxy groups -OCH3 is 1. The van der Waals surface area contributed by atoms with E-state index in [1.54, 1.807) is 44.4 Å². The lowest BCUT2D eigenvalue weighted by atomic mass is 10.3. The van der Waals surface area contributed by atoms with E-state index >= 15 is 0 Å². The Kier molecular flexibility index (Phi) is 6.53. The Bertz CT molecular complexity index is 712. The number of aromatic nitrogens is 1. The van der Waals surface area contributed by atoms with Crippen LogP contribution in [0.2, 0.25) is 0 Å². The third-order valence-corrected chi connectivity index (χ3v) is 3.59. The van der Waals surface area contributed by atoms with Crippen molar-refractivity contribution in [2.75, 3.05) is 37.4 Å². The summed E-state index contributed by atoms with van der Waals surface area (Å²) in [5.41, 5.74) is 0.684. The number of anilines is 2. The molecular weight excluding hydrogens is 324 g/mol. The van der Waals surface area contributed by atoms with Gasteiger partial charge in [-0.05, 0) is 38.1 Å². The van der Waals surface area contributed by atoms with E-state index in [4.69, 9.17) is 9.26 Å². The quantitative estimate of drug-likeness (QED) is 0.645. The fourth-order valence-corrected chi connectivity index (χ4v) is 2.26. The largest absolute Gasteiger partial charge is 0.497 e. The van der Waals surface area contributed by atoms with E-state index in [1.165, 1.54) is 0 Å². The molecule has 25 heavy (non-hydrogen) atoms. The van der Waals surface area contributed by atoms with Crippen LogP contribution in [0.15, 0.2) is 34.9 Å². The topological polar surface area (TPSA) is 97.9 Å². The summed E-state index contributed by atoms with van der Waals surface area (Å²) >= 11 is 0. The molecule has 1 aromatic carbocycles. The van der Waals surface area contributed by atoms with E-state index in [9.17, 15) is 9.59 Å². The first-order valence-electron chi connectivity index (χ1n) is 8.00. The molecule has 1 heterocycles. The van der Waals surface area contributed by atoms with Crippen molar-refractivity contribution in [3.63, 3.8) is 0 Å². The van der Waals surface area contributed by atoms with Crippen molar-refractivity contribution >= 4 is 23.3 Å². The highest BCUT2D eigenvalue weighted by atomic mass is 16.5. The first-order valence-corrected chi connectivity index (χ1v) is 8.00. The lowest BCUT2D eigenvalue weighted by molar-refractivity contribution is -0.881. The van der Waals surface area contributed by atoms with Gasteiger partial charge in [0.2, 0.25) is 0 Å². The summed E-state index contributed by atoms with van der Waals surface area (Å²) in [5, 5.41) is 9.18. The molecule has 0 aliphatic heterocycles. The van der Waals surface area contributed by atoms with Gasteiger partial charge in [-0.1, -0.05) is 5.16 Å². The molecule has 0 spiro atoms. The molecule has 2 rings (SSSR count). The van der Waals surface area contributed by atoms with Gasteiger partial charge < -0.3 is 24.8 Å². The monoisotopic (exact) mass is 347 g/mol. The number of rotatable bonds is 8. The average molecular weight is 347 g/mol. The molecule has 0 saturated carbocycles. The molecule has 8 nitrogen and oxygen atoms in total. The Morgan fingerprint density at radius 3 is 2.32 bits per heavy atom. The molecule has 1 atom stereocenters. The van der Waals surface area contributed by atoms with Crippen molar-refractivity contribution in [1.82, 2.24) is 5.16 Å². The number of quaternary nitrogens is 1. The second-order valence-corrected chi connectivity index (χ2v) is 5.60. The van der Waals surface area contributed by atoms with Crippen molar-refractivity contribution in [2.45, 2.75) is 13.8 Å². The van der Waals surface area contributed by atoms with Crippen LogP contribution < -0.4 is 20.3 Å². The summed E-state index contributed by atoms with van der Waals surface area (Å²) in [6.45, 7) is 4.66. The number of nitrogens with zero attached hydrogens (tertiary/aromatic N) is 1. The summed E-state index contributed by atoms with van der Waals surface area (Å²) in [5.74, 6) is 1.34. The molecule has 2 aromatic rings. The van der Waals surface area contributed by atoms with Crippen LogP contribution in [0.1, 0.15) is 12.7 Å². The Labute approximate surface area is 146 Å². The number of ether oxygens (including phenoxy) is 1. The zero-order valence-corrected chi connectivity index (χ0v) is 14.6. The first kappa shape index (κ1) is 18.5. The molecule has 1 unspecified atom stereocenters. The summed E-state index contributed by atoms with van der Waals surface area (Å²) in [4.78, 5) is 25.0. The van der Waals surface area contributed by atoms with E-state index < -0.39 is 0 Å². The molecule has 2 amide bonds. The minimum absolute atomic E-state index is 0.160. The van der Waals surface area contributed by atoms with Gasteiger partial charge in [0, 0.05) is 11.8 Å².